The van der Waals surface area contributed by atoms with Crippen LogP contribution < -0.4 is 5.32 Å². The topological polar surface area (TPSA) is 38.3 Å². The molecule has 1 N–H and O–H groups in total. The average molecular weight is 231 g/mol. The SMILES string of the molecule is CC(C)(C)OC(=O)CSC1CCNCC1. The van der Waals surface area contributed by atoms with Gasteiger partial charge in [0.2, 0.25) is 0 Å². The van der Waals surface area contributed by atoms with Crippen molar-refractivity contribution < 1.29 is 9.53 Å². The molecule has 1 heterocycles. The summed E-state index contributed by atoms with van der Waals surface area (Å²) in [5.74, 6) is 0.396. The van der Waals surface area contributed by atoms with E-state index >= 15 is 0 Å². The highest BCUT2D eigenvalue weighted by Crippen LogP contribution is 2.21. The second-order valence-electron chi connectivity index (χ2n) is 4.85. The van der Waals surface area contributed by atoms with Crippen molar-refractivity contribution in [2.24, 2.45) is 0 Å². The van der Waals surface area contributed by atoms with Crippen LogP contribution >= 0.6 is 11.8 Å². The van der Waals surface area contributed by atoms with E-state index in [1.54, 1.807) is 11.8 Å². The second-order valence-corrected chi connectivity index (χ2v) is 6.14. The maximum absolute atomic E-state index is 11.4. The van der Waals surface area contributed by atoms with Gasteiger partial charge in [0, 0.05) is 5.25 Å². The van der Waals surface area contributed by atoms with E-state index < -0.39 is 0 Å². The summed E-state index contributed by atoms with van der Waals surface area (Å²) in [6.45, 7) is 7.86. The molecule has 3 nitrogen and oxygen atoms in total. The lowest BCUT2D eigenvalue weighted by Crippen LogP contribution is -2.30. The zero-order valence-corrected chi connectivity index (χ0v) is 10.7. The zero-order chi connectivity index (χ0) is 11.3. The van der Waals surface area contributed by atoms with Crippen LogP contribution in [0, 0.1) is 0 Å². The number of thioether (sulfide) groups is 1. The number of rotatable bonds is 3. The molecule has 0 bridgehead atoms. The van der Waals surface area contributed by atoms with Crippen LogP contribution in [0.4, 0.5) is 0 Å². The van der Waals surface area contributed by atoms with E-state index in [4.69, 9.17) is 4.74 Å². The molecule has 0 amide bonds. The van der Waals surface area contributed by atoms with Gasteiger partial charge in [-0.25, -0.2) is 0 Å². The molecule has 4 heteroatoms. The molecule has 0 aliphatic carbocycles. The van der Waals surface area contributed by atoms with Gasteiger partial charge in [0.05, 0.1) is 5.75 Å². The van der Waals surface area contributed by atoms with Crippen molar-refractivity contribution in [1.29, 1.82) is 0 Å². The number of esters is 1. The van der Waals surface area contributed by atoms with Crippen molar-refractivity contribution >= 4 is 17.7 Å². The van der Waals surface area contributed by atoms with Gasteiger partial charge in [0.1, 0.15) is 5.60 Å². The number of carbonyl (C=O) groups is 1. The van der Waals surface area contributed by atoms with Crippen LogP contribution in [-0.2, 0) is 9.53 Å². The molecular formula is C11H21NO2S. The molecule has 88 valence electrons. The van der Waals surface area contributed by atoms with Crippen molar-refractivity contribution in [3.63, 3.8) is 0 Å². The Morgan fingerprint density at radius 1 is 1.40 bits per heavy atom. The van der Waals surface area contributed by atoms with Crippen molar-refractivity contribution in [3.8, 4) is 0 Å². The smallest absolute Gasteiger partial charge is 0.316 e. The molecule has 1 rings (SSSR count). The van der Waals surface area contributed by atoms with Crippen molar-refractivity contribution in [1.82, 2.24) is 5.32 Å². The van der Waals surface area contributed by atoms with E-state index in [9.17, 15) is 4.79 Å². The lowest BCUT2D eigenvalue weighted by Gasteiger charge is -2.23. The first-order valence-corrected chi connectivity index (χ1v) is 6.56. The summed E-state index contributed by atoms with van der Waals surface area (Å²) in [5.41, 5.74) is -0.355. The quantitative estimate of drug-likeness (QED) is 0.752. The first kappa shape index (κ1) is 12.8. The van der Waals surface area contributed by atoms with E-state index in [0.29, 0.717) is 11.0 Å². The standard InChI is InChI=1S/C11H21NO2S/c1-11(2,3)14-10(13)8-15-9-4-6-12-7-5-9/h9,12H,4-8H2,1-3H3. The van der Waals surface area contributed by atoms with Gasteiger partial charge in [-0.3, -0.25) is 4.79 Å². The van der Waals surface area contributed by atoms with Crippen molar-refractivity contribution in [2.75, 3.05) is 18.8 Å². The Morgan fingerprint density at radius 2 is 2.00 bits per heavy atom. The molecule has 1 saturated heterocycles. The Balaban J connectivity index is 2.15. The summed E-state index contributed by atoms with van der Waals surface area (Å²) < 4.78 is 5.25. The lowest BCUT2D eigenvalue weighted by molar-refractivity contribution is -0.151. The monoisotopic (exact) mass is 231 g/mol. The van der Waals surface area contributed by atoms with Gasteiger partial charge in [-0.1, -0.05) is 0 Å². The third-order valence-electron chi connectivity index (χ3n) is 2.14. The molecule has 15 heavy (non-hydrogen) atoms. The van der Waals surface area contributed by atoms with Crippen LogP contribution in [0.15, 0.2) is 0 Å². The largest absolute Gasteiger partial charge is 0.459 e. The number of ether oxygens (including phenoxy) is 1. The van der Waals surface area contributed by atoms with E-state index in [1.807, 2.05) is 20.8 Å². The van der Waals surface area contributed by atoms with Crippen LogP contribution in [0.25, 0.3) is 0 Å². The third kappa shape index (κ3) is 6.05. The molecule has 0 atom stereocenters. The Hall–Kier alpha value is -0.220. The normalized spacial score (nSPS) is 18.9. The van der Waals surface area contributed by atoms with Crippen LogP contribution in [-0.4, -0.2) is 35.7 Å². The Labute approximate surface area is 96.3 Å². The maximum atomic E-state index is 11.4. The average Bonchev–Trinajstić information content (AvgIpc) is 2.14. The van der Waals surface area contributed by atoms with Gasteiger partial charge in [-0.05, 0) is 46.7 Å². The van der Waals surface area contributed by atoms with Gasteiger partial charge in [0.15, 0.2) is 0 Å². The highest BCUT2D eigenvalue weighted by molar-refractivity contribution is 8.00. The van der Waals surface area contributed by atoms with Crippen molar-refractivity contribution in [3.05, 3.63) is 0 Å². The third-order valence-corrected chi connectivity index (χ3v) is 3.49. The fourth-order valence-electron chi connectivity index (χ4n) is 1.52. The van der Waals surface area contributed by atoms with Crippen LogP contribution in [0.2, 0.25) is 0 Å². The molecule has 0 aromatic heterocycles. The van der Waals surface area contributed by atoms with E-state index in [0.717, 1.165) is 25.9 Å². The Bertz CT molecular complexity index is 207. The molecule has 0 aromatic rings. The van der Waals surface area contributed by atoms with E-state index in [-0.39, 0.29) is 11.6 Å². The van der Waals surface area contributed by atoms with Gasteiger partial charge in [-0.2, -0.15) is 0 Å². The number of hydrogen-bond acceptors (Lipinski definition) is 4. The number of carbonyl (C=O) groups excluding carboxylic acids is 1. The molecule has 0 unspecified atom stereocenters. The van der Waals surface area contributed by atoms with E-state index in [2.05, 4.69) is 5.32 Å². The highest BCUT2D eigenvalue weighted by atomic mass is 32.2. The molecule has 0 saturated carbocycles. The van der Waals surface area contributed by atoms with Gasteiger partial charge < -0.3 is 10.1 Å². The summed E-state index contributed by atoms with van der Waals surface area (Å²) in [5, 5.41) is 3.93. The summed E-state index contributed by atoms with van der Waals surface area (Å²) >= 11 is 1.73. The molecule has 1 fully saturated rings. The molecule has 0 spiro atoms. The van der Waals surface area contributed by atoms with Crippen molar-refractivity contribution in [2.45, 2.75) is 44.5 Å². The Kier molecular flexibility index (Phi) is 4.93. The molecular weight excluding hydrogens is 210 g/mol. The highest BCUT2D eigenvalue weighted by Gasteiger charge is 2.19. The van der Waals surface area contributed by atoms with Gasteiger partial charge in [0.25, 0.3) is 0 Å². The van der Waals surface area contributed by atoms with Crippen LogP contribution in [0.5, 0.6) is 0 Å². The van der Waals surface area contributed by atoms with Crippen LogP contribution in [0.3, 0.4) is 0 Å². The van der Waals surface area contributed by atoms with Gasteiger partial charge >= 0.3 is 5.97 Å². The van der Waals surface area contributed by atoms with Crippen LogP contribution in [0.1, 0.15) is 33.6 Å². The first-order valence-electron chi connectivity index (χ1n) is 5.51. The maximum Gasteiger partial charge on any atom is 0.316 e. The Morgan fingerprint density at radius 3 is 2.53 bits per heavy atom. The fraction of sp³-hybridized carbons (Fsp3) is 0.909. The molecule has 0 radical (unpaired) electrons. The molecule has 1 aliphatic heterocycles. The zero-order valence-electron chi connectivity index (χ0n) is 9.84. The number of hydrogen-bond donors (Lipinski definition) is 1. The van der Waals surface area contributed by atoms with Gasteiger partial charge in [-0.15, -0.1) is 11.8 Å². The second kappa shape index (κ2) is 5.75. The van der Waals surface area contributed by atoms with E-state index in [1.165, 1.54) is 0 Å². The minimum Gasteiger partial charge on any atom is -0.459 e. The summed E-state index contributed by atoms with van der Waals surface area (Å²) in [6, 6.07) is 0. The minimum atomic E-state index is -0.355. The molecule has 0 aromatic carbocycles. The summed E-state index contributed by atoms with van der Waals surface area (Å²) in [4.78, 5) is 11.4. The lowest BCUT2D eigenvalue weighted by atomic mass is 10.2. The number of nitrogens with one attached hydrogen (secondary N) is 1. The summed E-state index contributed by atoms with van der Waals surface area (Å²) in [7, 11) is 0. The predicted molar refractivity (Wildman–Crippen MR) is 64.2 cm³/mol. The number of piperidine rings is 1. The first-order chi connectivity index (χ1) is 6.97. The predicted octanol–water partition coefficient (Wildman–Crippen LogP) is 1.81. The summed E-state index contributed by atoms with van der Waals surface area (Å²) in [6.07, 6.45) is 2.32. The molecule has 1 aliphatic rings. The fourth-order valence-corrected chi connectivity index (χ4v) is 2.52. The minimum absolute atomic E-state index is 0.0916.